The number of halogens is 1. The molecule has 0 spiro atoms. The van der Waals surface area contributed by atoms with E-state index in [1.165, 1.54) is 18.2 Å². The summed E-state index contributed by atoms with van der Waals surface area (Å²) in [4.78, 5) is 27.2. The average Bonchev–Trinajstić information content (AvgIpc) is 2.64. The van der Waals surface area contributed by atoms with Crippen molar-refractivity contribution in [3.05, 3.63) is 75.7 Å². The van der Waals surface area contributed by atoms with E-state index in [-0.39, 0.29) is 24.0 Å². The van der Waals surface area contributed by atoms with Gasteiger partial charge in [-0.25, -0.2) is 4.39 Å². The number of nitro benzene ring substituents is 1. The molecule has 0 saturated heterocycles. The number of amides is 1. The summed E-state index contributed by atoms with van der Waals surface area (Å²) in [6.07, 6.45) is 0. The highest BCUT2D eigenvalue weighted by Crippen LogP contribution is 2.22. The second-order valence-corrected chi connectivity index (χ2v) is 5.92. The van der Waals surface area contributed by atoms with Crippen LogP contribution in [0.3, 0.4) is 0 Å². The van der Waals surface area contributed by atoms with Gasteiger partial charge < -0.3 is 10.6 Å². The summed E-state index contributed by atoms with van der Waals surface area (Å²) in [6, 6.07) is 12.2. The fourth-order valence-corrected chi connectivity index (χ4v) is 2.72. The van der Waals surface area contributed by atoms with E-state index in [2.05, 4.69) is 15.6 Å². The van der Waals surface area contributed by atoms with Crippen LogP contribution in [0.2, 0.25) is 0 Å². The molecule has 0 atom stereocenters. The minimum Gasteiger partial charge on any atom is -0.378 e. The SMILES string of the molecule is Cc1nc2cc(F)ccc2cc1C(=O)NCCNc1ccccc1[N+](=O)[O-]. The largest absolute Gasteiger partial charge is 0.378 e. The van der Waals surface area contributed by atoms with Crippen molar-refractivity contribution in [2.45, 2.75) is 6.92 Å². The first-order valence-electron chi connectivity index (χ1n) is 8.28. The molecule has 2 N–H and O–H groups in total. The van der Waals surface area contributed by atoms with Gasteiger partial charge in [-0.15, -0.1) is 0 Å². The Morgan fingerprint density at radius 3 is 2.74 bits per heavy atom. The van der Waals surface area contributed by atoms with E-state index in [0.717, 1.165) is 0 Å². The van der Waals surface area contributed by atoms with Crippen molar-refractivity contribution in [1.82, 2.24) is 10.3 Å². The maximum absolute atomic E-state index is 13.3. The predicted molar refractivity (Wildman–Crippen MR) is 100 cm³/mol. The van der Waals surface area contributed by atoms with Crippen LogP contribution in [0.1, 0.15) is 16.1 Å². The lowest BCUT2D eigenvalue weighted by Gasteiger charge is -2.10. The smallest absolute Gasteiger partial charge is 0.292 e. The number of anilines is 1. The molecule has 0 bridgehead atoms. The molecule has 27 heavy (non-hydrogen) atoms. The highest BCUT2D eigenvalue weighted by molar-refractivity contribution is 5.98. The van der Waals surface area contributed by atoms with Gasteiger partial charge in [-0.1, -0.05) is 12.1 Å². The normalized spacial score (nSPS) is 10.6. The summed E-state index contributed by atoms with van der Waals surface area (Å²) in [5.41, 5.74) is 1.76. The Balaban J connectivity index is 1.63. The molecular weight excluding hydrogens is 351 g/mol. The third-order valence-electron chi connectivity index (χ3n) is 4.04. The number of aryl methyl sites for hydroxylation is 1. The Bertz CT molecular complexity index is 1020. The lowest BCUT2D eigenvalue weighted by Crippen LogP contribution is -2.29. The average molecular weight is 368 g/mol. The first kappa shape index (κ1) is 18.2. The number of pyridine rings is 1. The topological polar surface area (TPSA) is 97.2 Å². The number of hydrogen-bond acceptors (Lipinski definition) is 5. The molecule has 0 radical (unpaired) electrons. The third-order valence-corrected chi connectivity index (χ3v) is 4.04. The monoisotopic (exact) mass is 368 g/mol. The first-order chi connectivity index (χ1) is 13.0. The van der Waals surface area contributed by atoms with Gasteiger partial charge in [-0.3, -0.25) is 19.9 Å². The summed E-state index contributed by atoms with van der Waals surface area (Å²) in [7, 11) is 0. The molecule has 3 aromatic rings. The van der Waals surface area contributed by atoms with E-state index in [0.29, 0.717) is 34.4 Å². The lowest BCUT2D eigenvalue weighted by molar-refractivity contribution is -0.384. The zero-order valence-corrected chi connectivity index (χ0v) is 14.5. The molecule has 7 nitrogen and oxygen atoms in total. The van der Waals surface area contributed by atoms with E-state index < -0.39 is 4.92 Å². The maximum Gasteiger partial charge on any atom is 0.292 e. The Hall–Kier alpha value is -3.55. The quantitative estimate of drug-likeness (QED) is 0.395. The second-order valence-electron chi connectivity index (χ2n) is 5.92. The minimum absolute atomic E-state index is 0.0226. The number of nitro groups is 1. The number of carbonyl (C=O) groups is 1. The molecule has 0 fully saturated rings. The zero-order valence-electron chi connectivity index (χ0n) is 14.5. The fraction of sp³-hybridized carbons (Fsp3) is 0.158. The van der Waals surface area contributed by atoms with Crippen LogP contribution in [0.4, 0.5) is 15.8 Å². The molecule has 138 valence electrons. The van der Waals surface area contributed by atoms with Gasteiger partial charge in [0.2, 0.25) is 0 Å². The molecule has 2 aromatic carbocycles. The number of benzene rings is 2. The van der Waals surface area contributed by atoms with E-state index in [1.54, 1.807) is 37.3 Å². The van der Waals surface area contributed by atoms with E-state index in [1.807, 2.05) is 0 Å². The Kier molecular flexibility index (Phi) is 5.25. The van der Waals surface area contributed by atoms with Crippen molar-refractivity contribution < 1.29 is 14.1 Å². The number of nitrogens with one attached hydrogen (secondary N) is 2. The Morgan fingerprint density at radius 1 is 1.19 bits per heavy atom. The maximum atomic E-state index is 13.3. The molecule has 0 aliphatic heterocycles. The van der Waals surface area contributed by atoms with Crippen LogP contribution in [-0.4, -0.2) is 28.9 Å². The fourth-order valence-electron chi connectivity index (χ4n) is 2.72. The van der Waals surface area contributed by atoms with Crippen LogP contribution in [-0.2, 0) is 0 Å². The van der Waals surface area contributed by atoms with Crippen LogP contribution in [0.5, 0.6) is 0 Å². The molecule has 8 heteroatoms. The van der Waals surface area contributed by atoms with Crippen LogP contribution < -0.4 is 10.6 Å². The molecule has 0 aliphatic carbocycles. The molecule has 1 amide bonds. The highest BCUT2D eigenvalue weighted by atomic mass is 19.1. The van der Waals surface area contributed by atoms with Crippen LogP contribution >= 0.6 is 0 Å². The molecular formula is C19H17FN4O3. The molecule has 0 unspecified atom stereocenters. The van der Waals surface area contributed by atoms with Gasteiger partial charge in [0.1, 0.15) is 11.5 Å². The van der Waals surface area contributed by atoms with Gasteiger partial charge in [-0.2, -0.15) is 0 Å². The zero-order chi connectivity index (χ0) is 19.4. The second kappa shape index (κ2) is 7.77. The van der Waals surface area contributed by atoms with Crippen LogP contribution in [0.15, 0.2) is 48.5 Å². The van der Waals surface area contributed by atoms with E-state index >= 15 is 0 Å². The van der Waals surface area contributed by atoms with Gasteiger partial charge in [0.25, 0.3) is 11.6 Å². The number of rotatable bonds is 6. The molecule has 1 heterocycles. The van der Waals surface area contributed by atoms with Gasteiger partial charge >= 0.3 is 0 Å². The molecule has 1 aromatic heterocycles. The summed E-state index contributed by atoms with van der Waals surface area (Å²) < 4.78 is 13.3. The number of hydrogen-bond donors (Lipinski definition) is 2. The van der Waals surface area contributed by atoms with Crippen molar-refractivity contribution in [2.75, 3.05) is 18.4 Å². The number of fused-ring (bicyclic) bond motifs is 1. The van der Waals surface area contributed by atoms with Crippen molar-refractivity contribution in [1.29, 1.82) is 0 Å². The summed E-state index contributed by atoms with van der Waals surface area (Å²) in [5, 5.41) is 17.3. The van der Waals surface area contributed by atoms with Crippen LogP contribution in [0, 0.1) is 22.9 Å². The summed E-state index contributed by atoms with van der Waals surface area (Å²) in [6.45, 7) is 2.28. The molecule has 3 rings (SSSR count). The lowest BCUT2D eigenvalue weighted by atomic mass is 10.1. The van der Waals surface area contributed by atoms with Crippen molar-refractivity contribution in [3.63, 3.8) is 0 Å². The van der Waals surface area contributed by atoms with Crippen molar-refractivity contribution >= 4 is 28.2 Å². The van der Waals surface area contributed by atoms with Gasteiger partial charge in [0.05, 0.1) is 21.7 Å². The number of aromatic nitrogens is 1. The van der Waals surface area contributed by atoms with Gasteiger partial charge in [-0.05, 0) is 31.2 Å². The number of nitrogens with zero attached hydrogens (tertiary/aromatic N) is 2. The van der Waals surface area contributed by atoms with E-state index in [4.69, 9.17) is 0 Å². The van der Waals surface area contributed by atoms with E-state index in [9.17, 15) is 19.3 Å². The Labute approximate surface area is 154 Å². The van der Waals surface area contributed by atoms with Gasteiger partial charge in [0.15, 0.2) is 0 Å². The summed E-state index contributed by atoms with van der Waals surface area (Å²) >= 11 is 0. The highest BCUT2D eigenvalue weighted by Gasteiger charge is 2.13. The standard InChI is InChI=1S/C19H17FN4O3/c1-12-15(10-13-6-7-14(20)11-17(13)23-12)19(25)22-9-8-21-16-4-2-3-5-18(16)24(26)27/h2-7,10-11,21H,8-9H2,1H3,(H,22,25). The molecule has 0 aliphatic rings. The number of carbonyl (C=O) groups excluding carboxylic acids is 1. The Morgan fingerprint density at radius 2 is 1.96 bits per heavy atom. The first-order valence-corrected chi connectivity index (χ1v) is 8.28. The minimum atomic E-state index is -0.464. The number of para-hydroxylation sites is 2. The van der Waals surface area contributed by atoms with Crippen LogP contribution in [0.25, 0.3) is 10.9 Å². The van der Waals surface area contributed by atoms with Crippen molar-refractivity contribution in [3.8, 4) is 0 Å². The molecule has 0 saturated carbocycles. The third kappa shape index (κ3) is 4.17. The van der Waals surface area contributed by atoms with Gasteiger partial charge in [0, 0.05) is 30.6 Å². The predicted octanol–water partition coefficient (Wildman–Crippen LogP) is 3.43. The summed E-state index contributed by atoms with van der Waals surface area (Å²) in [5.74, 6) is -0.691. The van der Waals surface area contributed by atoms with Crippen molar-refractivity contribution in [2.24, 2.45) is 0 Å².